The van der Waals surface area contributed by atoms with E-state index < -0.39 is 0 Å². The first kappa shape index (κ1) is 19.5. The lowest BCUT2D eigenvalue weighted by atomic mass is 9.66. The van der Waals surface area contributed by atoms with E-state index in [1.807, 2.05) is 0 Å². The zero-order chi connectivity index (χ0) is 18.9. The molecule has 2 aliphatic rings. The fourth-order valence-electron chi connectivity index (χ4n) is 5.02. The lowest BCUT2D eigenvalue weighted by molar-refractivity contribution is 0.00816. The van der Waals surface area contributed by atoms with Crippen LogP contribution in [0.5, 0.6) is 5.75 Å². The molecular weight excluding hydrogens is 316 g/mol. The van der Waals surface area contributed by atoms with Crippen LogP contribution >= 0.6 is 0 Å². The van der Waals surface area contributed by atoms with Crippen molar-refractivity contribution in [3.63, 3.8) is 0 Å². The monoisotopic (exact) mass is 354 g/mol. The predicted molar refractivity (Wildman–Crippen MR) is 112 cm³/mol. The lowest BCUT2D eigenvalue weighted by Crippen LogP contribution is -2.45. The van der Waals surface area contributed by atoms with Crippen LogP contribution in [-0.4, -0.2) is 5.60 Å². The molecule has 26 heavy (non-hydrogen) atoms. The van der Waals surface area contributed by atoms with Gasteiger partial charge in [0.15, 0.2) is 0 Å². The number of unbranched alkanes of at least 4 members (excludes halogenated alkanes) is 2. The van der Waals surface area contributed by atoms with Crippen molar-refractivity contribution >= 4 is 0 Å². The fraction of sp³-hybridized carbons (Fsp3) is 0.680. The quantitative estimate of drug-likeness (QED) is 0.378. The summed E-state index contributed by atoms with van der Waals surface area (Å²) < 4.78 is 6.59. The molecule has 3 rings (SSSR count). The second kappa shape index (κ2) is 7.41. The molecule has 1 aromatic carbocycles. The highest BCUT2D eigenvalue weighted by atomic mass is 16.5. The Morgan fingerprint density at radius 2 is 1.92 bits per heavy atom. The van der Waals surface area contributed by atoms with E-state index in [2.05, 4.69) is 65.8 Å². The van der Waals surface area contributed by atoms with E-state index in [4.69, 9.17) is 4.74 Å². The van der Waals surface area contributed by atoms with E-state index in [1.54, 1.807) is 5.57 Å². The Bertz CT molecular complexity index is 665. The molecule has 1 heteroatoms. The summed E-state index contributed by atoms with van der Waals surface area (Å²) in [5.74, 6) is 2.36. The normalized spacial score (nSPS) is 24.3. The van der Waals surface area contributed by atoms with Crippen LogP contribution in [-0.2, 0) is 5.41 Å². The second-order valence-corrected chi connectivity index (χ2v) is 9.67. The fourth-order valence-corrected chi connectivity index (χ4v) is 5.02. The van der Waals surface area contributed by atoms with Crippen molar-refractivity contribution in [3.05, 3.63) is 41.0 Å². The van der Waals surface area contributed by atoms with Crippen molar-refractivity contribution in [1.29, 1.82) is 0 Å². The molecule has 0 spiro atoms. The summed E-state index contributed by atoms with van der Waals surface area (Å²) in [5.41, 5.74) is 4.64. The number of fused-ring (bicyclic) bond motifs is 3. The summed E-state index contributed by atoms with van der Waals surface area (Å²) in [6.07, 6.45) is 11.2. The summed E-state index contributed by atoms with van der Waals surface area (Å²) in [4.78, 5) is 0. The number of allylic oxidation sites excluding steroid dienone is 2. The average molecular weight is 355 g/mol. The van der Waals surface area contributed by atoms with Gasteiger partial charge in [0, 0.05) is 5.92 Å². The molecule has 1 aliphatic carbocycles. The number of hydrogen-bond donors (Lipinski definition) is 0. The highest BCUT2D eigenvalue weighted by molar-refractivity contribution is 5.46. The standard InChI is InChI=1S/C25H38O/c1-7-9-10-15-24(3,4)19-12-13-20-21-16-18(8-2)11-14-22(21)25(5,6)26-23(20)17-19/h11-13,17,21-22H,7-10,14-16H2,1-6H3/t21-,22+/m0/s1. The number of hydrogen-bond acceptors (Lipinski definition) is 1. The minimum absolute atomic E-state index is 0.0849. The van der Waals surface area contributed by atoms with Gasteiger partial charge in [-0.15, -0.1) is 0 Å². The van der Waals surface area contributed by atoms with Gasteiger partial charge in [-0.1, -0.05) is 70.7 Å². The van der Waals surface area contributed by atoms with E-state index >= 15 is 0 Å². The molecule has 0 amide bonds. The van der Waals surface area contributed by atoms with Crippen LogP contribution in [0.15, 0.2) is 29.8 Å². The van der Waals surface area contributed by atoms with E-state index in [0.29, 0.717) is 11.8 Å². The minimum Gasteiger partial charge on any atom is -0.487 e. The molecule has 0 bridgehead atoms. The molecular formula is C25H38O. The lowest BCUT2D eigenvalue weighted by Gasteiger charge is -2.47. The van der Waals surface area contributed by atoms with Crippen molar-refractivity contribution in [3.8, 4) is 5.75 Å². The van der Waals surface area contributed by atoms with Gasteiger partial charge in [0.05, 0.1) is 0 Å². The maximum absolute atomic E-state index is 6.59. The Hall–Kier alpha value is -1.24. The van der Waals surface area contributed by atoms with E-state index in [1.165, 1.54) is 49.7 Å². The molecule has 2 atom stereocenters. The molecule has 1 aliphatic heterocycles. The number of benzene rings is 1. The van der Waals surface area contributed by atoms with Crippen LogP contribution in [0.1, 0.15) is 104 Å². The van der Waals surface area contributed by atoms with E-state index in [9.17, 15) is 0 Å². The molecule has 1 heterocycles. The van der Waals surface area contributed by atoms with Crippen molar-refractivity contribution in [2.45, 2.75) is 103 Å². The van der Waals surface area contributed by atoms with Crippen LogP contribution in [0, 0.1) is 5.92 Å². The molecule has 0 aromatic heterocycles. The summed E-state index contributed by atoms with van der Waals surface area (Å²) in [6.45, 7) is 13.9. The van der Waals surface area contributed by atoms with Gasteiger partial charge in [-0.3, -0.25) is 0 Å². The van der Waals surface area contributed by atoms with Crippen molar-refractivity contribution in [2.75, 3.05) is 0 Å². The van der Waals surface area contributed by atoms with Gasteiger partial charge in [-0.05, 0) is 68.1 Å². The molecule has 1 nitrogen and oxygen atoms in total. The van der Waals surface area contributed by atoms with Gasteiger partial charge >= 0.3 is 0 Å². The van der Waals surface area contributed by atoms with Gasteiger partial charge < -0.3 is 4.74 Å². The number of rotatable bonds is 6. The third-order valence-corrected chi connectivity index (χ3v) is 6.95. The minimum atomic E-state index is -0.0849. The van der Waals surface area contributed by atoms with E-state index in [-0.39, 0.29) is 11.0 Å². The van der Waals surface area contributed by atoms with Crippen LogP contribution in [0.3, 0.4) is 0 Å². The average Bonchev–Trinajstić information content (AvgIpc) is 2.60. The Kier molecular flexibility index (Phi) is 5.56. The van der Waals surface area contributed by atoms with Gasteiger partial charge in [0.2, 0.25) is 0 Å². The highest BCUT2D eigenvalue weighted by Crippen LogP contribution is 2.52. The second-order valence-electron chi connectivity index (χ2n) is 9.67. The zero-order valence-corrected chi connectivity index (χ0v) is 17.8. The van der Waals surface area contributed by atoms with Crippen LogP contribution in [0.4, 0.5) is 0 Å². The highest BCUT2D eigenvalue weighted by Gasteiger charge is 2.44. The summed E-state index contributed by atoms with van der Waals surface area (Å²) in [5, 5.41) is 0. The Labute approximate surface area is 161 Å². The topological polar surface area (TPSA) is 9.23 Å². The summed E-state index contributed by atoms with van der Waals surface area (Å²) >= 11 is 0. The summed E-state index contributed by atoms with van der Waals surface area (Å²) in [7, 11) is 0. The molecule has 1 aromatic rings. The molecule has 0 saturated carbocycles. The molecule has 0 radical (unpaired) electrons. The number of ether oxygens (including phenoxy) is 1. The third kappa shape index (κ3) is 3.73. The third-order valence-electron chi connectivity index (χ3n) is 6.95. The predicted octanol–water partition coefficient (Wildman–Crippen LogP) is 7.55. The Balaban J connectivity index is 1.91. The van der Waals surface area contributed by atoms with Gasteiger partial charge in [0.1, 0.15) is 11.4 Å². The maximum atomic E-state index is 6.59. The molecule has 0 fully saturated rings. The van der Waals surface area contributed by atoms with Crippen LogP contribution in [0.25, 0.3) is 0 Å². The van der Waals surface area contributed by atoms with Crippen molar-refractivity contribution < 1.29 is 4.74 Å². The van der Waals surface area contributed by atoms with Gasteiger partial charge in [-0.25, -0.2) is 0 Å². The first-order valence-electron chi connectivity index (χ1n) is 10.8. The SMILES string of the molecule is CCCCCC(C)(C)c1ccc2c(c1)OC(C)(C)[C@@H]1CC=C(CC)C[C@@H]21. The van der Waals surface area contributed by atoms with E-state index in [0.717, 1.165) is 12.2 Å². The largest absolute Gasteiger partial charge is 0.487 e. The Morgan fingerprint density at radius 1 is 1.15 bits per heavy atom. The van der Waals surface area contributed by atoms with Gasteiger partial charge in [-0.2, -0.15) is 0 Å². The van der Waals surface area contributed by atoms with Crippen molar-refractivity contribution in [2.24, 2.45) is 5.92 Å². The van der Waals surface area contributed by atoms with Crippen LogP contribution in [0.2, 0.25) is 0 Å². The summed E-state index contributed by atoms with van der Waals surface area (Å²) in [6, 6.07) is 7.13. The van der Waals surface area contributed by atoms with Crippen molar-refractivity contribution in [1.82, 2.24) is 0 Å². The molecule has 144 valence electrons. The smallest absolute Gasteiger partial charge is 0.123 e. The maximum Gasteiger partial charge on any atom is 0.123 e. The molecule has 0 saturated heterocycles. The zero-order valence-electron chi connectivity index (χ0n) is 17.8. The molecule has 0 N–H and O–H groups in total. The Morgan fingerprint density at radius 3 is 2.62 bits per heavy atom. The first-order chi connectivity index (χ1) is 12.3. The molecule has 0 unspecified atom stereocenters. The van der Waals surface area contributed by atoms with Crippen LogP contribution < -0.4 is 4.74 Å². The first-order valence-corrected chi connectivity index (χ1v) is 10.8. The van der Waals surface area contributed by atoms with Gasteiger partial charge in [0.25, 0.3) is 0 Å².